The number of sulfone groups is 1. The second kappa shape index (κ2) is 5.52. The monoisotopic (exact) mass is 269 g/mol. The van der Waals surface area contributed by atoms with Gasteiger partial charge in [0, 0.05) is 12.0 Å². The number of carbonyl (C=O) groups is 1. The van der Waals surface area contributed by atoms with Crippen LogP contribution in [0.2, 0.25) is 0 Å². The molecule has 0 bridgehead atoms. The largest absolute Gasteiger partial charge is 0.355 e. The van der Waals surface area contributed by atoms with Crippen molar-refractivity contribution < 1.29 is 13.2 Å². The summed E-state index contributed by atoms with van der Waals surface area (Å²) in [4.78, 5) is 11.9. The van der Waals surface area contributed by atoms with Crippen molar-refractivity contribution in [3.63, 3.8) is 0 Å². The maximum absolute atomic E-state index is 11.9. The van der Waals surface area contributed by atoms with Crippen molar-refractivity contribution in [3.05, 3.63) is 30.3 Å². The SMILES string of the molecule is CC(C)(C)C(=O)NCCS(=O)(=O)c1ccccc1. The maximum atomic E-state index is 11.9. The van der Waals surface area contributed by atoms with E-state index in [0.717, 1.165) is 0 Å². The zero-order valence-corrected chi connectivity index (χ0v) is 11.8. The number of rotatable bonds is 4. The summed E-state index contributed by atoms with van der Waals surface area (Å²) in [6.07, 6.45) is 0. The zero-order valence-electron chi connectivity index (χ0n) is 10.9. The van der Waals surface area contributed by atoms with Gasteiger partial charge in [-0.05, 0) is 12.1 Å². The summed E-state index contributed by atoms with van der Waals surface area (Å²) in [5.74, 6) is -0.232. The fourth-order valence-electron chi connectivity index (χ4n) is 1.31. The molecular weight excluding hydrogens is 250 g/mol. The molecule has 0 aromatic heterocycles. The Bertz CT molecular complexity index is 501. The predicted octanol–water partition coefficient (Wildman–Crippen LogP) is 1.62. The fraction of sp³-hybridized carbons (Fsp3) is 0.462. The van der Waals surface area contributed by atoms with Gasteiger partial charge in [0.2, 0.25) is 5.91 Å². The third-order valence-corrected chi connectivity index (χ3v) is 4.17. The van der Waals surface area contributed by atoms with Crippen LogP contribution in [0.4, 0.5) is 0 Å². The molecule has 0 saturated carbocycles. The van der Waals surface area contributed by atoms with Crippen LogP contribution in [0.25, 0.3) is 0 Å². The van der Waals surface area contributed by atoms with E-state index in [0.29, 0.717) is 0 Å². The molecule has 18 heavy (non-hydrogen) atoms. The summed E-state index contributed by atoms with van der Waals surface area (Å²) < 4.78 is 23.8. The van der Waals surface area contributed by atoms with E-state index < -0.39 is 15.3 Å². The fourth-order valence-corrected chi connectivity index (χ4v) is 2.49. The molecule has 1 amide bonds. The van der Waals surface area contributed by atoms with Crippen LogP contribution in [0, 0.1) is 5.41 Å². The van der Waals surface area contributed by atoms with Crippen molar-refractivity contribution in [3.8, 4) is 0 Å². The van der Waals surface area contributed by atoms with Crippen LogP contribution >= 0.6 is 0 Å². The Morgan fingerprint density at radius 2 is 1.72 bits per heavy atom. The lowest BCUT2D eigenvalue weighted by Gasteiger charge is -2.17. The molecule has 0 aliphatic rings. The van der Waals surface area contributed by atoms with E-state index >= 15 is 0 Å². The van der Waals surface area contributed by atoms with E-state index in [1.165, 1.54) is 0 Å². The van der Waals surface area contributed by atoms with Crippen LogP contribution in [0.15, 0.2) is 35.2 Å². The number of benzene rings is 1. The second-order valence-corrected chi connectivity index (χ2v) is 7.25. The standard InChI is InChI=1S/C13H19NO3S/c1-13(2,3)12(15)14-9-10-18(16,17)11-7-5-4-6-8-11/h4-8H,9-10H2,1-3H3,(H,14,15). The summed E-state index contributed by atoms with van der Waals surface area (Å²) >= 11 is 0. The van der Waals surface area contributed by atoms with Gasteiger partial charge in [-0.15, -0.1) is 0 Å². The van der Waals surface area contributed by atoms with Gasteiger partial charge in [0.25, 0.3) is 0 Å². The van der Waals surface area contributed by atoms with E-state index in [9.17, 15) is 13.2 Å². The number of carbonyl (C=O) groups excluding carboxylic acids is 1. The van der Waals surface area contributed by atoms with Crippen LogP contribution in [0.5, 0.6) is 0 Å². The first-order chi connectivity index (χ1) is 8.23. The lowest BCUT2D eigenvalue weighted by molar-refractivity contribution is -0.128. The summed E-state index contributed by atoms with van der Waals surface area (Å²) in [5, 5.41) is 2.63. The smallest absolute Gasteiger partial charge is 0.225 e. The molecule has 1 rings (SSSR count). The first kappa shape index (κ1) is 14.7. The molecule has 0 aliphatic carbocycles. The molecule has 0 unspecified atom stereocenters. The van der Waals surface area contributed by atoms with Crippen molar-refractivity contribution in [2.45, 2.75) is 25.7 Å². The third kappa shape index (κ3) is 4.14. The highest BCUT2D eigenvalue weighted by Gasteiger charge is 2.21. The zero-order chi connectivity index (χ0) is 13.8. The molecule has 100 valence electrons. The highest BCUT2D eigenvalue weighted by atomic mass is 32.2. The molecule has 1 aromatic rings. The Balaban J connectivity index is 2.57. The van der Waals surface area contributed by atoms with Gasteiger partial charge >= 0.3 is 0 Å². The summed E-state index contributed by atoms with van der Waals surface area (Å²) in [6.45, 7) is 5.49. The summed E-state index contributed by atoms with van der Waals surface area (Å²) in [6, 6.07) is 8.24. The molecule has 0 aliphatic heterocycles. The molecule has 0 spiro atoms. The topological polar surface area (TPSA) is 63.2 Å². The van der Waals surface area contributed by atoms with Crippen LogP contribution in [-0.2, 0) is 14.6 Å². The third-order valence-electron chi connectivity index (χ3n) is 2.44. The highest BCUT2D eigenvalue weighted by molar-refractivity contribution is 7.91. The number of hydrogen-bond donors (Lipinski definition) is 1. The van der Waals surface area contributed by atoms with Crippen molar-refractivity contribution >= 4 is 15.7 Å². The lowest BCUT2D eigenvalue weighted by Crippen LogP contribution is -2.37. The van der Waals surface area contributed by atoms with E-state index in [1.807, 2.05) is 0 Å². The Hall–Kier alpha value is -1.36. The van der Waals surface area contributed by atoms with Gasteiger partial charge in [0.05, 0.1) is 10.6 Å². The molecule has 0 radical (unpaired) electrons. The molecular formula is C13H19NO3S. The molecule has 1 aromatic carbocycles. The Labute approximate surface area is 108 Å². The molecule has 5 heteroatoms. The normalized spacial score (nSPS) is 12.2. The van der Waals surface area contributed by atoms with E-state index in [1.54, 1.807) is 51.1 Å². The molecule has 0 fully saturated rings. The van der Waals surface area contributed by atoms with E-state index in [4.69, 9.17) is 0 Å². The van der Waals surface area contributed by atoms with Crippen LogP contribution in [0.1, 0.15) is 20.8 Å². The van der Waals surface area contributed by atoms with Gasteiger partial charge in [-0.2, -0.15) is 0 Å². The molecule has 0 atom stereocenters. The Morgan fingerprint density at radius 1 is 1.17 bits per heavy atom. The molecule has 4 nitrogen and oxygen atoms in total. The van der Waals surface area contributed by atoms with Gasteiger partial charge < -0.3 is 5.32 Å². The first-order valence-corrected chi connectivity index (χ1v) is 7.45. The quantitative estimate of drug-likeness (QED) is 0.903. The number of nitrogens with one attached hydrogen (secondary N) is 1. The Kier molecular flexibility index (Phi) is 4.51. The van der Waals surface area contributed by atoms with Crippen molar-refractivity contribution in [2.75, 3.05) is 12.3 Å². The second-order valence-electron chi connectivity index (χ2n) is 5.14. The lowest BCUT2D eigenvalue weighted by atomic mass is 9.96. The number of amides is 1. The summed E-state index contributed by atoms with van der Waals surface area (Å²) in [7, 11) is -3.32. The summed E-state index contributed by atoms with van der Waals surface area (Å²) in [5.41, 5.74) is -0.503. The van der Waals surface area contributed by atoms with Gasteiger partial charge in [0.1, 0.15) is 0 Å². The van der Waals surface area contributed by atoms with E-state index in [2.05, 4.69) is 5.32 Å². The minimum atomic E-state index is -3.32. The van der Waals surface area contributed by atoms with Crippen molar-refractivity contribution in [1.82, 2.24) is 5.32 Å². The van der Waals surface area contributed by atoms with Crippen molar-refractivity contribution in [2.24, 2.45) is 5.41 Å². The predicted molar refractivity (Wildman–Crippen MR) is 71.0 cm³/mol. The average molecular weight is 269 g/mol. The van der Waals surface area contributed by atoms with Gasteiger partial charge in [-0.1, -0.05) is 39.0 Å². The molecule has 0 heterocycles. The minimum Gasteiger partial charge on any atom is -0.355 e. The van der Waals surface area contributed by atoms with Gasteiger partial charge in [-0.3, -0.25) is 4.79 Å². The van der Waals surface area contributed by atoms with Gasteiger partial charge in [-0.25, -0.2) is 8.42 Å². The van der Waals surface area contributed by atoms with Gasteiger partial charge in [0.15, 0.2) is 9.84 Å². The Morgan fingerprint density at radius 3 is 2.22 bits per heavy atom. The van der Waals surface area contributed by atoms with Crippen LogP contribution in [-0.4, -0.2) is 26.6 Å². The number of hydrogen-bond acceptors (Lipinski definition) is 3. The first-order valence-electron chi connectivity index (χ1n) is 5.79. The molecule has 0 saturated heterocycles. The van der Waals surface area contributed by atoms with E-state index in [-0.39, 0.29) is 23.1 Å². The maximum Gasteiger partial charge on any atom is 0.225 e. The van der Waals surface area contributed by atoms with Crippen LogP contribution < -0.4 is 5.32 Å². The van der Waals surface area contributed by atoms with Crippen LogP contribution in [0.3, 0.4) is 0 Å². The molecule has 1 N–H and O–H groups in total. The average Bonchev–Trinajstić information content (AvgIpc) is 2.28. The van der Waals surface area contributed by atoms with Crippen molar-refractivity contribution in [1.29, 1.82) is 0 Å². The highest BCUT2D eigenvalue weighted by Crippen LogP contribution is 2.13. The minimum absolute atomic E-state index is 0.0845.